The highest BCUT2D eigenvalue weighted by atomic mass is 16.2. The van der Waals surface area contributed by atoms with Crippen LogP contribution in [0.3, 0.4) is 0 Å². The number of nitrogens with one attached hydrogen (secondary N) is 1. The van der Waals surface area contributed by atoms with E-state index in [-0.39, 0.29) is 23.8 Å². The van der Waals surface area contributed by atoms with Crippen LogP contribution in [0.5, 0.6) is 0 Å². The summed E-state index contributed by atoms with van der Waals surface area (Å²) in [4.78, 5) is 32.8. The second-order valence-electron chi connectivity index (χ2n) is 8.38. The van der Waals surface area contributed by atoms with Crippen molar-refractivity contribution < 1.29 is 9.59 Å². The average Bonchev–Trinajstić information content (AvgIpc) is 3.40. The minimum atomic E-state index is 0.0409. The fraction of sp³-hybridized carbons (Fsp3) is 0.333. The molecule has 5 nitrogen and oxygen atoms in total. The van der Waals surface area contributed by atoms with Crippen molar-refractivity contribution in [2.75, 3.05) is 19.6 Å². The highest BCUT2D eigenvalue weighted by Gasteiger charge is 2.49. The number of nitrogens with zero attached hydrogens (tertiary/aromatic N) is 2. The third kappa shape index (κ3) is 2.92. The number of H-pyrrole nitrogens is 1. The predicted molar refractivity (Wildman–Crippen MR) is 112 cm³/mol. The van der Waals surface area contributed by atoms with Crippen LogP contribution in [0.2, 0.25) is 0 Å². The van der Waals surface area contributed by atoms with Gasteiger partial charge >= 0.3 is 0 Å². The van der Waals surface area contributed by atoms with Crippen LogP contribution < -0.4 is 0 Å². The van der Waals surface area contributed by atoms with Crippen molar-refractivity contribution in [3.8, 4) is 0 Å². The fourth-order valence-electron chi connectivity index (χ4n) is 5.21. The molecular formula is C24H25N3O2. The monoisotopic (exact) mass is 387 g/mol. The maximum atomic E-state index is 13.2. The molecule has 2 saturated heterocycles. The molecule has 0 saturated carbocycles. The Balaban J connectivity index is 1.43. The molecule has 1 N–H and O–H groups in total. The highest BCUT2D eigenvalue weighted by Crippen LogP contribution is 2.46. The highest BCUT2D eigenvalue weighted by molar-refractivity contribution is 5.98. The van der Waals surface area contributed by atoms with E-state index in [9.17, 15) is 9.59 Å². The summed E-state index contributed by atoms with van der Waals surface area (Å²) >= 11 is 0. The Morgan fingerprint density at radius 3 is 2.52 bits per heavy atom. The summed E-state index contributed by atoms with van der Waals surface area (Å²) in [5.41, 5.74) is 4.03. The number of aromatic nitrogens is 1. The predicted octanol–water partition coefficient (Wildman–Crippen LogP) is 3.77. The SMILES string of the molecule is CC(=O)N1C[C@H]2CN(C(=O)c3cc4ccccc4[nH]3)C[C@H]2[C@@H]1c1ccccc1C. The number of benzene rings is 2. The van der Waals surface area contributed by atoms with Crippen molar-refractivity contribution in [3.05, 3.63) is 71.4 Å². The lowest BCUT2D eigenvalue weighted by Gasteiger charge is -2.30. The van der Waals surface area contributed by atoms with Crippen LogP contribution in [0.25, 0.3) is 10.9 Å². The zero-order valence-corrected chi connectivity index (χ0v) is 16.8. The minimum Gasteiger partial charge on any atom is -0.351 e. The topological polar surface area (TPSA) is 56.4 Å². The number of carbonyl (C=O) groups excluding carboxylic acids is 2. The lowest BCUT2D eigenvalue weighted by molar-refractivity contribution is -0.130. The summed E-state index contributed by atoms with van der Waals surface area (Å²) in [5.74, 6) is 0.750. The molecule has 5 rings (SSSR count). The van der Waals surface area contributed by atoms with Crippen molar-refractivity contribution in [1.29, 1.82) is 0 Å². The third-order valence-electron chi connectivity index (χ3n) is 6.62. The molecule has 0 radical (unpaired) electrons. The zero-order chi connectivity index (χ0) is 20.1. The lowest BCUT2D eigenvalue weighted by Crippen LogP contribution is -2.36. The Morgan fingerprint density at radius 1 is 1.00 bits per heavy atom. The molecule has 1 aromatic heterocycles. The number of aromatic amines is 1. The first-order valence-corrected chi connectivity index (χ1v) is 10.2. The Bertz CT molecular complexity index is 1070. The Morgan fingerprint density at radius 2 is 1.76 bits per heavy atom. The Hall–Kier alpha value is -3.08. The lowest BCUT2D eigenvalue weighted by atomic mass is 9.87. The van der Waals surface area contributed by atoms with Gasteiger partial charge in [-0.3, -0.25) is 9.59 Å². The van der Waals surface area contributed by atoms with Crippen molar-refractivity contribution in [2.45, 2.75) is 19.9 Å². The van der Waals surface area contributed by atoms with Gasteiger partial charge in [-0.15, -0.1) is 0 Å². The molecule has 2 amide bonds. The van der Waals surface area contributed by atoms with Gasteiger partial charge in [0.05, 0.1) is 6.04 Å². The second kappa shape index (κ2) is 6.76. The Kier molecular flexibility index (Phi) is 4.19. The van der Waals surface area contributed by atoms with Crippen molar-refractivity contribution in [2.24, 2.45) is 11.8 Å². The molecule has 2 aliphatic rings. The smallest absolute Gasteiger partial charge is 0.270 e. The van der Waals surface area contributed by atoms with Gasteiger partial charge < -0.3 is 14.8 Å². The van der Waals surface area contributed by atoms with Crippen molar-refractivity contribution in [3.63, 3.8) is 0 Å². The summed E-state index contributed by atoms with van der Waals surface area (Å²) < 4.78 is 0. The van der Waals surface area contributed by atoms with Gasteiger partial charge in [-0.1, -0.05) is 42.5 Å². The first-order valence-electron chi connectivity index (χ1n) is 10.2. The number of hydrogen-bond donors (Lipinski definition) is 1. The van der Waals surface area contributed by atoms with Crippen LogP contribution in [0, 0.1) is 18.8 Å². The van der Waals surface area contributed by atoms with E-state index >= 15 is 0 Å². The number of para-hydroxylation sites is 1. The molecule has 0 bridgehead atoms. The Labute approximate surface area is 170 Å². The number of amides is 2. The van der Waals surface area contributed by atoms with E-state index in [2.05, 4.69) is 24.0 Å². The van der Waals surface area contributed by atoms with E-state index in [0.717, 1.165) is 17.4 Å². The molecular weight excluding hydrogens is 362 g/mol. The largest absolute Gasteiger partial charge is 0.351 e. The number of rotatable bonds is 2. The number of hydrogen-bond acceptors (Lipinski definition) is 2. The molecule has 0 unspecified atom stereocenters. The van der Waals surface area contributed by atoms with Gasteiger partial charge in [-0.2, -0.15) is 0 Å². The van der Waals surface area contributed by atoms with Gasteiger partial charge in [0.2, 0.25) is 5.91 Å². The van der Waals surface area contributed by atoms with Gasteiger partial charge in [0.15, 0.2) is 0 Å². The first kappa shape index (κ1) is 18.0. The van der Waals surface area contributed by atoms with Crippen LogP contribution in [0.4, 0.5) is 0 Å². The summed E-state index contributed by atoms with van der Waals surface area (Å²) in [7, 11) is 0. The van der Waals surface area contributed by atoms with Crippen molar-refractivity contribution >= 4 is 22.7 Å². The zero-order valence-electron chi connectivity index (χ0n) is 16.8. The maximum Gasteiger partial charge on any atom is 0.270 e. The van der Waals surface area contributed by atoms with Crippen LogP contribution in [-0.4, -0.2) is 46.2 Å². The molecule has 2 fully saturated rings. The molecule has 0 aliphatic carbocycles. The van der Waals surface area contributed by atoms with Crippen LogP contribution in [0.15, 0.2) is 54.6 Å². The van der Waals surface area contributed by atoms with Crippen LogP contribution in [0.1, 0.15) is 34.6 Å². The quantitative estimate of drug-likeness (QED) is 0.728. The summed E-state index contributed by atoms with van der Waals surface area (Å²) in [6, 6.07) is 18.2. The van der Waals surface area contributed by atoms with E-state index in [1.54, 1.807) is 6.92 Å². The molecule has 0 spiro atoms. The molecule has 2 aromatic carbocycles. The number of carbonyl (C=O) groups is 2. The molecule has 2 aliphatic heterocycles. The van der Waals surface area contributed by atoms with Crippen molar-refractivity contribution in [1.82, 2.24) is 14.8 Å². The van der Waals surface area contributed by atoms with E-state index < -0.39 is 0 Å². The van der Waals surface area contributed by atoms with Crippen LogP contribution >= 0.6 is 0 Å². The normalized spacial score (nSPS) is 23.6. The minimum absolute atomic E-state index is 0.0409. The maximum absolute atomic E-state index is 13.2. The molecule has 5 heteroatoms. The summed E-state index contributed by atoms with van der Waals surface area (Å²) in [6.07, 6.45) is 0. The van der Waals surface area contributed by atoms with Gasteiger partial charge in [-0.05, 0) is 30.2 Å². The van der Waals surface area contributed by atoms with Gasteiger partial charge in [-0.25, -0.2) is 0 Å². The van der Waals surface area contributed by atoms with E-state index in [0.29, 0.717) is 24.7 Å². The summed E-state index contributed by atoms with van der Waals surface area (Å²) in [5, 5.41) is 1.05. The number of fused-ring (bicyclic) bond motifs is 2. The van der Waals surface area contributed by atoms with E-state index in [1.165, 1.54) is 11.1 Å². The standard InChI is InChI=1S/C24H25N3O2/c1-15-7-3-5-9-19(15)23-20-14-26(12-18(20)13-27(23)16(2)28)24(29)22-11-17-8-4-6-10-21(17)25-22/h3-11,18,20,23,25H,12-14H2,1-2H3/t18-,20-,23+/m1/s1. The average molecular weight is 387 g/mol. The fourth-order valence-corrected chi connectivity index (χ4v) is 5.21. The number of aryl methyl sites for hydroxylation is 1. The van der Waals surface area contributed by atoms with Gasteiger partial charge in [0.25, 0.3) is 5.91 Å². The number of likely N-dealkylation sites (tertiary alicyclic amines) is 2. The summed E-state index contributed by atoms with van der Waals surface area (Å²) in [6.45, 7) is 5.85. The van der Waals surface area contributed by atoms with Gasteiger partial charge in [0.1, 0.15) is 5.69 Å². The molecule has 3 atom stereocenters. The molecule has 29 heavy (non-hydrogen) atoms. The third-order valence-corrected chi connectivity index (χ3v) is 6.62. The van der Waals surface area contributed by atoms with Crippen LogP contribution in [-0.2, 0) is 4.79 Å². The van der Waals surface area contributed by atoms with Gasteiger partial charge in [0, 0.05) is 49.3 Å². The first-order chi connectivity index (χ1) is 14.0. The second-order valence-corrected chi connectivity index (χ2v) is 8.38. The molecule has 3 aromatic rings. The van der Waals surface area contributed by atoms with E-state index in [4.69, 9.17) is 0 Å². The molecule has 3 heterocycles. The molecule has 148 valence electrons. The van der Waals surface area contributed by atoms with E-state index in [1.807, 2.05) is 52.3 Å².